The summed E-state index contributed by atoms with van der Waals surface area (Å²) in [5.41, 5.74) is 0.0778. The van der Waals surface area contributed by atoms with Crippen LogP contribution in [0.3, 0.4) is 0 Å². The monoisotopic (exact) mass is 290 g/mol. The Morgan fingerprint density at radius 3 is 2.38 bits per heavy atom. The maximum absolute atomic E-state index is 13.5. The van der Waals surface area contributed by atoms with Crippen molar-refractivity contribution in [1.29, 1.82) is 0 Å². The van der Waals surface area contributed by atoms with Crippen LogP contribution < -0.4 is 5.32 Å². The van der Waals surface area contributed by atoms with Gasteiger partial charge < -0.3 is 10.2 Å². The number of piperidine rings is 1. The normalized spacial score (nSPS) is 19.4. The van der Waals surface area contributed by atoms with Gasteiger partial charge in [-0.25, -0.2) is 4.39 Å². The van der Waals surface area contributed by atoms with Crippen LogP contribution in [0.4, 0.5) is 4.39 Å². The van der Waals surface area contributed by atoms with Gasteiger partial charge in [0.05, 0.1) is 5.56 Å². The second kappa shape index (κ2) is 5.84. The Morgan fingerprint density at radius 1 is 1.10 bits per heavy atom. The molecule has 1 saturated carbocycles. The first-order valence-electron chi connectivity index (χ1n) is 7.49. The molecule has 2 amide bonds. The molecule has 3 rings (SSSR count). The third-order valence-electron chi connectivity index (χ3n) is 4.19. The molecule has 1 N–H and O–H groups in total. The van der Waals surface area contributed by atoms with Crippen molar-refractivity contribution in [1.82, 2.24) is 10.2 Å². The van der Waals surface area contributed by atoms with Gasteiger partial charge in [0.25, 0.3) is 5.91 Å². The van der Waals surface area contributed by atoms with E-state index >= 15 is 0 Å². The molecule has 0 radical (unpaired) electrons. The number of hydrogen-bond acceptors (Lipinski definition) is 2. The van der Waals surface area contributed by atoms with Gasteiger partial charge in [-0.1, -0.05) is 12.1 Å². The van der Waals surface area contributed by atoms with Crippen LogP contribution >= 0.6 is 0 Å². The molecule has 5 heteroatoms. The Morgan fingerprint density at radius 2 is 1.76 bits per heavy atom. The summed E-state index contributed by atoms with van der Waals surface area (Å²) in [6.07, 6.45) is 3.50. The molecular weight excluding hydrogens is 271 g/mol. The molecule has 0 unspecified atom stereocenters. The molecule has 1 aliphatic heterocycles. The van der Waals surface area contributed by atoms with Crippen LogP contribution in [0, 0.1) is 11.7 Å². The van der Waals surface area contributed by atoms with E-state index in [4.69, 9.17) is 0 Å². The summed E-state index contributed by atoms with van der Waals surface area (Å²) in [5, 5.41) is 2.86. The maximum atomic E-state index is 13.5. The lowest BCUT2D eigenvalue weighted by Crippen LogP contribution is -2.47. The molecule has 2 aliphatic rings. The van der Waals surface area contributed by atoms with Gasteiger partial charge in [0, 0.05) is 25.0 Å². The first kappa shape index (κ1) is 14.0. The first-order valence-corrected chi connectivity index (χ1v) is 7.49. The van der Waals surface area contributed by atoms with Gasteiger partial charge in [0.15, 0.2) is 0 Å². The number of carbonyl (C=O) groups is 2. The molecule has 2 fully saturated rings. The largest absolute Gasteiger partial charge is 0.349 e. The van der Waals surface area contributed by atoms with Crippen molar-refractivity contribution >= 4 is 11.8 Å². The summed E-state index contributed by atoms with van der Waals surface area (Å²) in [6, 6.07) is 5.99. The Hall–Kier alpha value is -1.91. The van der Waals surface area contributed by atoms with Crippen molar-refractivity contribution in [3.05, 3.63) is 35.6 Å². The van der Waals surface area contributed by atoms with Gasteiger partial charge in [-0.3, -0.25) is 9.59 Å². The van der Waals surface area contributed by atoms with Crippen molar-refractivity contribution in [2.75, 3.05) is 13.1 Å². The molecule has 0 spiro atoms. The van der Waals surface area contributed by atoms with E-state index in [9.17, 15) is 14.0 Å². The number of benzene rings is 1. The van der Waals surface area contributed by atoms with Crippen molar-refractivity contribution in [3.63, 3.8) is 0 Å². The number of amides is 2. The van der Waals surface area contributed by atoms with E-state index in [1.54, 1.807) is 12.1 Å². The van der Waals surface area contributed by atoms with E-state index in [1.165, 1.54) is 12.1 Å². The fourth-order valence-corrected chi connectivity index (χ4v) is 2.74. The predicted molar refractivity (Wildman–Crippen MR) is 76.2 cm³/mol. The molecule has 112 valence electrons. The molecule has 21 heavy (non-hydrogen) atoms. The van der Waals surface area contributed by atoms with Crippen LogP contribution in [-0.2, 0) is 4.79 Å². The summed E-state index contributed by atoms with van der Waals surface area (Å²) >= 11 is 0. The quantitative estimate of drug-likeness (QED) is 0.925. The second-order valence-electron chi connectivity index (χ2n) is 5.83. The third kappa shape index (κ3) is 3.23. The van der Waals surface area contributed by atoms with E-state index in [2.05, 4.69) is 5.32 Å². The number of nitrogens with zero attached hydrogens (tertiary/aromatic N) is 1. The highest BCUT2D eigenvalue weighted by Gasteiger charge is 2.35. The Kier molecular flexibility index (Phi) is 3.90. The average molecular weight is 290 g/mol. The summed E-state index contributed by atoms with van der Waals surface area (Å²) < 4.78 is 13.5. The predicted octanol–water partition coefficient (Wildman–Crippen LogP) is 1.96. The van der Waals surface area contributed by atoms with Gasteiger partial charge >= 0.3 is 0 Å². The van der Waals surface area contributed by atoms with Gasteiger partial charge in [-0.05, 0) is 37.8 Å². The Bertz CT molecular complexity index is 549. The Labute approximate surface area is 123 Å². The minimum Gasteiger partial charge on any atom is -0.349 e. The number of nitrogens with one attached hydrogen (secondary N) is 1. The van der Waals surface area contributed by atoms with Gasteiger partial charge in [-0.2, -0.15) is 0 Å². The van der Waals surface area contributed by atoms with Crippen LogP contribution in [-0.4, -0.2) is 35.8 Å². The maximum Gasteiger partial charge on any atom is 0.254 e. The molecule has 0 aromatic heterocycles. The standard InChI is InChI=1S/C16H19FN2O2/c17-14-4-2-1-3-13(14)15(20)18-12-7-9-19(10-8-12)16(21)11-5-6-11/h1-4,11-12H,5-10H2,(H,18,20). The zero-order chi connectivity index (χ0) is 14.8. The summed E-state index contributed by atoms with van der Waals surface area (Å²) in [5.74, 6) is -0.375. The fraction of sp³-hybridized carbons (Fsp3) is 0.500. The molecular formula is C16H19FN2O2. The number of halogens is 1. The number of hydrogen-bond donors (Lipinski definition) is 1. The lowest BCUT2D eigenvalue weighted by Gasteiger charge is -2.32. The molecule has 0 bridgehead atoms. The van der Waals surface area contributed by atoms with E-state index < -0.39 is 5.82 Å². The van der Waals surface area contributed by atoms with Gasteiger partial charge in [0.1, 0.15) is 5.82 Å². The summed E-state index contributed by atoms with van der Waals surface area (Å²) in [7, 11) is 0. The minimum absolute atomic E-state index is 0.0142. The van der Waals surface area contributed by atoms with Crippen molar-refractivity contribution < 1.29 is 14.0 Å². The van der Waals surface area contributed by atoms with Crippen LogP contribution in [0.2, 0.25) is 0 Å². The average Bonchev–Trinajstić information content (AvgIpc) is 3.32. The van der Waals surface area contributed by atoms with Crippen LogP contribution in [0.25, 0.3) is 0 Å². The highest BCUT2D eigenvalue weighted by atomic mass is 19.1. The van der Waals surface area contributed by atoms with Gasteiger partial charge in [-0.15, -0.1) is 0 Å². The van der Waals surface area contributed by atoms with E-state index in [-0.39, 0.29) is 29.3 Å². The highest BCUT2D eigenvalue weighted by Crippen LogP contribution is 2.31. The summed E-state index contributed by atoms with van der Waals surface area (Å²) in [4.78, 5) is 25.9. The smallest absolute Gasteiger partial charge is 0.254 e. The SMILES string of the molecule is O=C(NC1CCN(C(=O)C2CC2)CC1)c1ccccc1F. The third-order valence-corrected chi connectivity index (χ3v) is 4.19. The molecule has 1 heterocycles. The van der Waals surface area contributed by atoms with Crippen molar-refractivity contribution in [3.8, 4) is 0 Å². The Balaban J connectivity index is 1.52. The summed E-state index contributed by atoms with van der Waals surface area (Å²) in [6.45, 7) is 1.36. The van der Waals surface area contributed by atoms with Crippen LogP contribution in [0.15, 0.2) is 24.3 Å². The lowest BCUT2D eigenvalue weighted by atomic mass is 10.0. The zero-order valence-corrected chi connectivity index (χ0v) is 11.8. The zero-order valence-electron chi connectivity index (χ0n) is 11.8. The number of carbonyl (C=O) groups excluding carboxylic acids is 2. The minimum atomic E-state index is -0.503. The highest BCUT2D eigenvalue weighted by molar-refractivity contribution is 5.94. The number of rotatable bonds is 3. The molecule has 4 nitrogen and oxygen atoms in total. The second-order valence-corrected chi connectivity index (χ2v) is 5.83. The van der Waals surface area contributed by atoms with Gasteiger partial charge in [0.2, 0.25) is 5.91 Å². The molecule has 1 aliphatic carbocycles. The van der Waals surface area contributed by atoms with Crippen LogP contribution in [0.5, 0.6) is 0 Å². The lowest BCUT2D eigenvalue weighted by molar-refractivity contribution is -0.133. The fourth-order valence-electron chi connectivity index (χ4n) is 2.74. The molecule has 0 atom stereocenters. The first-order chi connectivity index (χ1) is 10.1. The van der Waals surface area contributed by atoms with Crippen LogP contribution in [0.1, 0.15) is 36.0 Å². The van der Waals surface area contributed by atoms with E-state index in [1.807, 2.05) is 4.90 Å². The van der Waals surface area contributed by atoms with E-state index in [0.29, 0.717) is 13.1 Å². The molecule has 1 saturated heterocycles. The molecule has 1 aromatic rings. The molecule has 1 aromatic carbocycles. The van der Waals surface area contributed by atoms with Crippen molar-refractivity contribution in [2.45, 2.75) is 31.7 Å². The van der Waals surface area contributed by atoms with Crippen molar-refractivity contribution in [2.24, 2.45) is 5.92 Å². The number of likely N-dealkylation sites (tertiary alicyclic amines) is 1. The van der Waals surface area contributed by atoms with E-state index in [0.717, 1.165) is 25.7 Å². The topological polar surface area (TPSA) is 49.4 Å².